The van der Waals surface area contributed by atoms with Crippen LogP contribution in [-0.4, -0.2) is 36.4 Å². The second-order valence-corrected chi connectivity index (χ2v) is 8.07. The number of amides is 1. The van der Waals surface area contributed by atoms with Gasteiger partial charge in [-0.1, -0.05) is 0 Å². The molecule has 3 rings (SSSR count). The number of hydrogen-bond donors (Lipinski definition) is 1. The van der Waals surface area contributed by atoms with Crippen molar-refractivity contribution in [3.63, 3.8) is 0 Å². The summed E-state index contributed by atoms with van der Waals surface area (Å²) in [6, 6.07) is 0. The molecule has 1 aliphatic heterocycles. The third kappa shape index (κ3) is 2.80. The molecule has 0 saturated heterocycles. The smallest absolute Gasteiger partial charge is 0.229 e. The Kier molecular flexibility index (Phi) is 3.11. The fourth-order valence-corrected chi connectivity index (χ4v) is 3.96. The molecule has 0 atom stereocenters. The highest BCUT2D eigenvalue weighted by molar-refractivity contribution is 7.88. The lowest BCUT2D eigenvalue weighted by molar-refractivity contribution is -0.117. The monoisotopic (exact) mass is 301 g/mol. The number of carbonyl (C=O) groups excluding carboxylic acids is 1. The zero-order valence-electron chi connectivity index (χ0n) is 10.5. The molecular weight excluding hydrogens is 286 g/mol. The normalized spacial score (nSPS) is 20.1. The molecule has 0 spiro atoms. The number of thiazole rings is 1. The van der Waals surface area contributed by atoms with Crippen molar-refractivity contribution in [1.29, 1.82) is 0 Å². The summed E-state index contributed by atoms with van der Waals surface area (Å²) in [5.74, 6) is 0.180. The lowest BCUT2D eigenvalue weighted by atomic mass is 10.2. The Bertz CT molecular complexity index is 619. The molecule has 2 heterocycles. The number of aromatic nitrogens is 1. The van der Waals surface area contributed by atoms with Crippen molar-refractivity contribution >= 4 is 32.4 Å². The zero-order valence-corrected chi connectivity index (χ0v) is 12.2. The van der Waals surface area contributed by atoms with E-state index in [1.807, 2.05) is 0 Å². The van der Waals surface area contributed by atoms with Crippen molar-refractivity contribution in [2.45, 2.75) is 25.8 Å². The van der Waals surface area contributed by atoms with Gasteiger partial charge in [0.2, 0.25) is 15.9 Å². The van der Waals surface area contributed by atoms with E-state index in [9.17, 15) is 13.2 Å². The van der Waals surface area contributed by atoms with Crippen molar-refractivity contribution in [1.82, 2.24) is 9.29 Å². The molecule has 8 heteroatoms. The first-order valence-corrected chi connectivity index (χ1v) is 8.84. The quantitative estimate of drug-likeness (QED) is 0.896. The van der Waals surface area contributed by atoms with E-state index in [0.717, 1.165) is 23.4 Å². The van der Waals surface area contributed by atoms with Crippen molar-refractivity contribution in [2.75, 3.05) is 18.1 Å². The van der Waals surface area contributed by atoms with Gasteiger partial charge in [-0.25, -0.2) is 13.4 Å². The minimum absolute atomic E-state index is 0.0334. The topological polar surface area (TPSA) is 79.4 Å². The van der Waals surface area contributed by atoms with Crippen LogP contribution in [0.5, 0.6) is 0 Å². The highest BCUT2D eigenvalue weighted by atomic mass is 32.2. The fourth-order valence-electron chi connectivity index (χ4n) is 2.06. The van der Waals surface area contributed by atoms with Crippen molar-refractivity contribution < 1.29 is 13.2 Å². The van der Waals surface area contributed by atoms with Gasteiger partial charge in [-0.15, -0.1) is 11.3 Å². The van der Waals surface area contributed by atoms with Crippen LogP contribution in [0.1, 0.15) is 23.4 Å². The van der Waals surface area contributed by atoms with Gasteiger partial charge in [0.1, 0.15) is 0 Å². The molecule has 0 bridgehead atoms. The highest BCUT2D eigenvalue weighted by Crippen LogP contribution is 2.33. The van der Waals surface area contributed by atoms with E-state index >= 15 is 0 Å². The molecule has 0 unspecified atom stereocenters. The summed E-state index contributed by atoms with van der Waals surface area (Å²) in [5.41, 5.74) is 0.913. The van der Waals surface area contributed by atoms with Crippen LogP contribution in [0.15, 0.2) is 0 Å². The Morgan fingerprint density at radius 3 is 2.84 bits per heavy atom. The summed E-state index contributed by atoms with van der Waals surface area (Å²) in [7, 11) is -3.16. The van der Waals surface area contributed by atoms with Gasteiger partial charge < -0.3 is 5.32 Å². The Labute approximate surface area is 115 Å². The molecule has 1 saturated carbocycles. The van der Waals surface area contributed by atoms with E-state index in [2.05, 4.69) is 10.3 Å². The lowest BCUT2D eigenvalue weighted by Gasteiger charge is -2.23. The van der Waals surface area contributed by atoms with Gasteiger partial charge in [-0.3, -0.25) is 4.79 Å². The van der Waals surface area contributed by atoms with Crippen LogP contribution in [0.4, 0.5) is 5.13 Å². The molecular formula is C11H15N3O3S2. The van der Waals surface area contributed by atoms with Gasteiger partial charge in [0, 0.05) is 30.3 Å². The standard InChI is InChI=1S/C11H15N3O3S2/c1-19(16,17)14-5-4-8-9(6-14)18-11(12-8)13-10(15)7-2-3-7/h7H,2-6H2,1H3,(H,12,13,15). The molecule has 0 radical (unpaired) electrons. The van der Waals surface area contributed by atoms with E-state index in [1.54, 1.807) is 0 Å². The third-order valence-electron chi connectivity index (χ3n) is 3.34. The first-order chi connectivity index (χ1) is 8.93. The number of hydrogen-bond acceptors (Lipinski definition) is 5. The number of carbonyl (C=O) groups is 1. The molecule has 2 aliphatic rings. The largest absolute Gasteiger partial charge is 0.302 e. The summed E-state index contributed by atoms with van der Waals surface area (Å²) in [6.07, 6.45) is 3.74. The first-order valence-electron chi connectivity index (χ1n) is 6.18. The van der Waals surface area contributed by atoms with E-state index in [1.165, 1.54) is 21.9 Å². The number of fused-ring (bicyclic) bond motifs is 1. The second kappa shape index (κ2) is 4.53. The van der Waals surface area contributed by atoms with Gasteiger partial charge >= 0.3 is 0 Å². The highest BCUT2D eigenvalue weighted by Gasteiger charge is 2.31. The number of anilines is 1. The number of sulfonamides is 1. The van der Waals surface area contributed by atoms with E-state index < -0.39 is 10.0 Å². The molecule has 1 aromatic heterocycles. The molecule has 1 aliphatic carbocycles. The minimum atomic E-state index is -3.16. The van der Waals surface area contributed by atoms with Gasteiger partial charge in [-0.05, 0) is 12.8 Å². The summed E-state index contributed by atoms with van der Waals surface area (Å²) in [4.78, 5) is 17.0. The maximum Gasteiger partial charge on any atom is 0.229 e. The van der Waals surface area contributed by atoms with Crippen molar-refractivity contribution in [2.24, 2.45) is 5.92 Å². The van der Waals surface area contributed by atoms with Gasteiger partial charge in [-0.2, -0.15) is 4.31 Å². The van der Waals surface area contributed by atoms with Crippen LogP contribution in [-0.2, 0) is 27.8 Å². The molecule has 1 fully saturated rings. The summed E-state index contributed by atoms with van der Waals surface area (Å²) in [5, 5.41) is 3.41. The molecule has 0 aromatic carbocycles. The van der Waals surface area contributed by atoms with Crippen molar-refractivity contribution in [3.8, 4) is 0 Å². The number of rotatable bonds is 3. The Balaban J connectivity index is 1.75. The molecule has 104 valence electrons. The average Bonchev–Trinajstić information content (AvgIpc) is 3.08. The first kappa shape index (κ1) is 13.0. The predicted molar refractivity (Wildman–Crippen MR) is 72.4 cm³/mol. The molecule has 1 N–H and O–H groups in total. The number of nitrogens with zero attached hydrogens (tertiary/aromatic N) is 2. The number of nitrogens with one attached hydrogen (secondary N) is 1. The van der Waals surface area contributed by atoms with Crippen molar-refractivity contribution in [3.05, 3.63) is 10.6 Å². The molecule has 1 amide bonds. The fraction of sp³-hybridized carbons (Fsp3) is 0.636. The summed E-state index contributed by atoms with van der Waals surface area (Å²) >= 11 is 1.38. The summed E-state index contributed by atoms with van der Waals surface area (Å²) < 4.78 is 24.5. The van der Waals surface area contributed by atoms with Crippen LogP contribution in [0.2, 0.25) is 0 Å². The third-order valence-corrected chi connectivity index (χ3v) is 5.59. The second-order valence-electron chi connectivity index (χ2n) is 5.00. The van der Waals surface area contributed by atoms with E-state index in [0.29, 0.717) is 24.6 Å². The Morgan fingerprint density at radius 1 is 1.47 bits per heavy atom. The van der Waals surface area contributed by atoms with Gasteiger partial charge in [0.15, 0.2) is 5.13 Å². The SMILES string of the molecule is CS(=O)(=O)N1CCc2nc(NC(=O)C3CC3)sc2C1. The van der Waals surface area contributed by atoms with Crippen LogP contribution in [0.3, 0.4) is 0 Å². The average molecular weight is 301 g/mol. The predicted octanol–water partition coefficient (Wildman–Crippen LogP) is 0.809. The van der Waals surface area contributed by atoms with Crippen LogP contribution in [0, 0.1) is 5.92 Å². The maximum atomic E-state index is 11.7. The van der Waals surface area contributed by atoms with Crippen LogP contribution >= 0.6 is 11.3 Å². The molecule has 1 aromatic rings. The van der Waals surface area contributed by atoms with E-state index in [-0.39, 0.29) is 11.8 Å². The van der Waals surface area contributed by atoms with Gasteiger partial charge in [0.25, 0.3) is 0 Å². The maximum absolute atomic E-state index is 11.7. The molecule has 6 nitrogen and oxygen atoms in total. The Morgan fingerprint density at radius 2 is 2.21 bits per heavy atom. The summed E-state index contributed by atoms with van der Waals surface area (Å²) in [6.45, 7) is 0.830. The van der Waals surface area contributed by atoms with Crippen LogP contribution < -0.4 is 5.32 Å². The Hall–Kier alpha value is -0.990. The molecule has 19 heavy (non-hydrogen) atoms. The zero-order chi connectivity index (χ0) is 13.6. The van der Waals surface area contributed by atoms with E-state index in [4.69, 9.17) is 0 Å². The van der Waals surface area contributed by atoms with Crippen LogP contribution in [0.25, 0.3) is 0 Å². The minimum Gasteiger partial charge on any atom is -0.302 e. The van der Waals surface area contributed by atoms with Gasteiger partial charge in [0.05, 0.1) is 11.9 Å². The lowest BCUT2D eigenvalue weighted by Crippen LogP contribution is -2.34.